The third-order valence-electron chi connectivity index (χ3n) is 5.56. The molecule has 2 aromatic carbocycles. The van der Waals surface area contributed by atoms with Crippen molar-refractivity contribution in [2.45, 2.75) is 59.1 Å². The van der Waals surface area contributed by atoms with Crippen molar-refractivity contribution in [1.82, 2.24) is 4.90 Å². The van der Waals surface area contributed by atoms with Crippen LogP contribution in [0.5, 0.6) is 11.5 Å². The standard InChI is InChI=1S/C26H31NO5/c1-5-6-7-14-27-23(18-8-11-20(28)12-9-18)22(25(30)26(27)31)24(29)19-10-13-21(17(4)15-19)32-16(2)3/h8-13,15-16,23,28-29H,5-7,14H2,1-4H3/b24-22-. The molecule has 0 aromatic heterocycles. The van der Waals surface area contributed by atoms with Crippen molar-refractivity contribution >= 4 is 17.4 Å². The topological polar surface area (TPSA) is 87.1 Å². The lowest BCUT2D eigenvalue weighted by Crippen LogP contribution is -2.30. The largest absolute Gasteiger partial charge is 0.508 e. The Morgan fingerprint density at radius 3 is 2.38 bits per heavy atom. The number of hydrogen-bond acceptors (Lipinski definition) is 5. The number of amides is 1. The summed E-state index contributed by atoms with van der Waals surface area (Å²) in [6, 6.07) is 10.9. The quantitative estimate of drug-likeness (QED) is 0.260. The number of ether oxygens (including phenoxy) is 1. The van der Waals surface area contributed by atoms with Gasteiger partial charge in [-0.1, -0.05) is 31.9 Å². The molecule has 1 fully saturated rings. The van der Waals surface area contributed by atoms with E-state index in [2.05, 4.69) is 6.92 Å². The molecule has 2 aromatic rings. The van der Waals surface area contributed by atoms with Gasteiger partial charge < -0.3 is 19.8 Å². The number of Topliss-reactive ketones (excluding diaryl/α,β-unsaturated/α-hetero) is 1. The summed E-state index contributed by atoms with van der Waals surface area (Å²) in [5.74, 6) is -0.729. The first-order chi connectivity index (χ1) is 15.2. The van der Waals surface area contributed by atoms with E-state index in [1.807, 2.05) is 20.8 Å². The molecule has 3 rings (SSSR count). The average Bonchev–Trinajstić information content (AvgIpc) is 3.00. The van der Waals surface area contributed by atoms with Crippen molar-refractivity contribution in [3.63, 3.8) is 0 Å². The summed E-state index contributed by atoms with van der Waals surface area (Å²) in [5, 5.41) is 20.9. The minimum Gasteiger partial charge on any atom is -0.508 e. The zero-order valence-electron chi connectivity index (χ0n) is 19.1. The molecule has 2 N–H and O–H groups in total. The number of carbonyl (C=O) groups is 2. The molecule has 32 heavy (non-hydrogen) atoms. The van der Waals surface area contributed by atoms with Crippen LogP contribution in [0.25, 0.3) is 5.76 Å². The number of likely N-dealkylation sites (tertiary alicyclic amines) is 1. The van der Waals surface area contributed by atoms with Crippen molar-refractivity contribution < 1.29 is 24.5 Å². The Balaban J connectivity index is 2.08. The van der Waals surface area contributed by atoms with Gasteiger partial charge in [0.25, 0.3) is 11.7 Å². The summed E-state index contributed by atoms with van der Waals surface area (Å²) in [7, 11) is 0. The second-order valence-corrected chi connectivity index (χ2v) is 8.44. The van der Waals surface area contributed by atoms with Gasteiger partial charge in [-0.2, -0.15) is 0 Å². The van der Waals surface area contributed by atoms with Crippen LogP contribution in [-0.4, -0.2) is 39.5 Å². The maximum atomic E-state index is 13.0. The number of carbonyl (C=O) groups excluding carboxylic acids is 2. The summed E-state index contributed by atoms with van der Waals surface area (Å²) >= 11 is 0. The Morgan fingerprint density at radius 1 is 1.09 bits per heavy atom. The number of rotatable bonds is 8. The number of aliphatic hydroxyl groups is 1. The summed E-state index contributed by atoms with van der Waals surface area (Å²) in [4.78, 5) is 27.5. The van der Waals surface area contributed by atoms with E-state index >= 15 is 0 Å². The van der Waals surface area contributed by atoms with Gasteiger partial charge >= 0.3 is 0 Å². The maximum Gasteiger partial charge on any atom is 0.295 e. The van der Waals surface area contributed by atoms with Crippen molar-refractivity contribution in [2.75, 3.05) is 6.54 Å². The van der Waals surface area contributed by atoms with Crippen LogP contribution in [0.15, 0.2) is 48.0 Å². The highest BCUT2D eigenvalue weighted by molar-refractivity contribution is 6.46. The van der Waals surface area contributed by atoms with E-state index in [-0.39, 0.29) is 23.2 Å². The lowest BCUT2D eigenvalue weighted by molar-refractivity contribution is -0.139. The highest BCUT2D eigenvalue weighted by atomic mass is 16.5. The molecule has 1 aliphatic heterocycles. The number of benzene rings is 2. The smallest absolute Gasteiger partial charge is 0.295 e. The maximum absolute atomic E-state index is 13.0. The first kappa shape index (κ1) is 23.4. The summed E-state index contributed by atoms with van der Waals surface area (Å²) < 4.78 is 5.77. The van der Waals surface area contributed by atoms with Crippen molar-refractivity contribution in [2.24, 2.45) is 0 Å². The third-order valence-corrected chi connectivity index (χ3v) is 5.56. The molecule has 1 saturated heterocycles. The predicted molar refractivity (Wildman–Crippen MR) is 124 cm³/mol. The van der Waals surface area contributed by atoms with Crippen LogP contribution in [0.2, 0.25) is 0 Å². The fraction of sp³-hybridized carbons (Fsp3) is 0.385. The normalized spacial score (nSPS) is 17.9. The number of phenols is 1. The number of phenolic OH excluding ortho intramolecular Hbond substituents is 1. The Morgan fingerprint density at radius 2 is 1.78 bits per heavy atom. The minimum absolute atomic E-state index is 0.0103. The molecule has 1 amide bonds. The Kier molecular flexibility index (Phi) is 7.23. The summed E-state index contributed by atoms with van der Waals surface area (Å²) in [6.45, 7) is 8.23. The highest BCUT2D eigenvalue weighted by Crippen LogP contribution is 2.40. The average molecular weight is 438 g/mol. The lowest BCUT2D eigenvalue weighted by Gasteiger charge is -2.25. The molecule has 0 spiro atoms. The van der Waals surface area contributed by atoms with Gasteiger partial charge in [-0.15, -0.1) is 0 Å². The van der Waals surface area contributed by atoms with Gasteiger partial charge in [0.2, 0.25) is 0 Å². The van der Waals surface area contributed by atoms with Crippen molar-refractivity contribution in [1.29, 1.82) is 0 Å². The second-order valence-electron chi connectivity index (χ2n) is 8.44. The molecule has 1 atom stereocenters. The van der Waals surface area contributed by atoms with Crippen LogP contribution in [0.3, 0.4) is 0 Å². The van der Waals surface area contributed by atoms with Crippen LogP contribution in [0.1, 0.15) is 62.8 Å². The molecule has 6 heteroatoms. The SMILES string of the molecule is CCCCCN1C(=O)C(=O)/C(=C(\O)c2ccc(OC(C)C)c(C)c2)C1c1ccc(O)cc1. The second kappa shape index (κ2) is 9.90. The van der Waals surface area contributed by atoms with E-state index in [1.165, 1.54) is 17.0 Å². The van der Waals surface area contributed by atoms with Crippen LogP contribution in [0.4, 0.5) is 0 Å². The molecule has 6 nitrogen and oxygen atoms in total. The number of aliphatic hydroxyl groups excluding tert-OH is 1. The zero-order chi connectivity index (χ0) is 23.4. The summed E-state index contributed by atoms with van der Waals surface area (Å²) in [5.41, 5.74) is 2.00. The molecule has 0 saturated carbocycles. The highest BCUT2D eigenvalue weighted by Gasteiger charge is 2.45. The Hall–Kier alpha value is -3.28. The van der Waals surface area contributed by atoms with Crippen LogP contribution in [0, 0.1) is 6.92 Å². The van der Waals surface area contributed by atoms with Crippen molar-refractivity contribution in [3.8, 4) is 11.5 Å². The van der Waals surface area contributed by atoms with Gasteiger partial charge in [-0.3, -0.25) is 9.59 Å². The van der Waals surface area contributed by atoms with E-state index in [0.717, 1.165) is 24.8 Å². The zero-order valence-corrected chi connectivity index (χ0v) is 19.1. The summed E-state index contributed by atoms with van der Waals surface area (Å²) in [6.07, 6.45) is 2.69. The van der Waals surface area contributed by atoms with E-state index in [9.17, 15) is 19.8 Å². The fourth-order valence-corrected chi connectivity index (χ4v) is 3.98. The predicted octanol–water partition coefficient (Wildman–Crippen LogP) is 5.10. The lowest BCUT2D eigenvalue weighted by atomic mass is 9.94. The number of hydrogen-bond donors (Lipinski definition) is 2. The molecule has 0 bridgehead atoms. The third kappa shape index (κ3) is 4.79. The first-order valence-corrected chi connectivity index (χ1v) is 11.1. The van der Waals surface area contributed by atoms with Gasteiger partial charge in [0, 0.05) is 12.1 Å². The molecule has 0 radical (unpaired) electrons. The number of ketones is 1. The number of aromatic hydroxyl groups is 1. The van der Waals surface area contributed by atoms with Crippen LogP contribution < -0.4 is 4.74 Å². The number of aryl methyl sites for hydroxylation is 1. The molecule has 1 heterocycles. The fourth-order valence-electron chi connectivity index (χ4n) is 3.98. The van der Waals surface area contributed by atoms with Gasteiger partial charge in [0.1, 0.15) is 17.3 Å². The van der Waals surface area contributed by atoms with E-state index in [0.29, 0.717) is 23.4 Å². The van der Waals surface area contributed by atoms with Gasteiger partial charge in [0.05, 0.1) is 17.7 Å². The molecular formula is C26H31NO5. The van der Waals surface area contributed by atoms with E-state index in [4.69, 9.17) is 4.74 Å². The molecule has 1 unspecified atom stereocenters. The number of nitrogens with zero attached hydrogens (tertiary/aromatic N) is 1. The minimum atomic E-state index is -0.709. The molecule has 1 aliphatic rings. The first-order valence-electron chi connectivity index (χ1n) is 11.1. The van der Waals surface area contributed by atoms with Crippen LogP contribution in [-0.2, 0) is 9.59 Å². The number of unbranched alkanes of at least 4 members (excludes halogenated alkanes) is 2. The Labute approximate surface area is 189 Å². The Bertz CT molecular complexity index is 1020. The van der Waals surface area contributed by atoms with Crippen molar-refractivity contribution in [3.05, 3.63) is 64.7 Å². The van der Waals surface area contributed by atoms with E-state index in [1.54, 1.807) is 30.3 Å². The van der Waals surface area contributed by atoms with Crippen LogP contribution >= 0.6 is 0 Å². The molecule has 170 valence electrons. The molecular weight excluding hydrogens is 406 g/mol. The van der Waals surface area contributed by atoms with Gasteiger partial charge in [-0.25, -0.2) is 0 Å². The molecule has 0 aliphatic carbocycles. The van der Waals surface area contributed by atoms with E-state index < -0.39 is 17.7 Å². The van der Waals surface area contributed by atoms with Gasteiger partial charge in [0.15, 0.2) is 0 Å². The monoisotopic (exact) mass is 437 g/mol. The van der Waals surface area contributed by atoms with Gasteiger partial charge in [-0.05, 0) is 68.7 Å².